The molecule has 2 aliphatic heterocycles. The molecule has 0 aliphatic carbocycles. The van der Waals surface area contributed by atoms with Crippen molar-refractivity contribution >= 4 is 0 Å². The van der Waals surface area contributed by atoms with Gasteiger partial charge in [-0.1, -0.05) is 76.9 Å². The first kappa shape index (κ1) is 33.7. The summed E-state index contributed by atoms with van der Waals surface area (Å²) in [5.74, 6) is 1.12. The quantitative estimate of drug-likeness (QED) is 0.0986. The maximum atomic E-state index is 10.8. The fourth-order valence-electron chi connectivity index (χ4n) is 5.34. The second-order valence-corrected chi connectivity index (χ2v) is 12.4. The summed E-state index contributed by atoms with van der Waals surface area (Å²) in [4.78, 5) is 0. The summed E-state index contributed by atoms with van der Waals surface area (Å²) in [6.07, 6.45) is 3.71. The molecule has 2 heterocycles. The Morgan fingerprint density at radius 1 is 0.721 bits per heavy atom. The zero-order valence-electron chi connectivity index (χ0n) is 26.4. The number of unbranched alkanes of at least 4 members (excludes halogenated alkanes) is 2. The van der Waals surface area contributed by atoms with Crippen molar-refractivity contribution in [2.75, 3.05) is 39.6 Å². The number of para-hydroxylation sites is 2. The third-order valence-corrected chi connectivity index (χ3v) is 8.34. The lowest BCUT2D eigenvalue weighted by Crippen LogP contribution is -2.31. The Balaban J connectivity index is 1.47. The van der Waals surface area contributed by atoms with Gasteiger partial charge in [0.1, 0.15) is 11.5 Å². The van der Waals surface area contributed by atoms with E-state index in [2.05, 4.69) is 39.8 Å². The second kappa shape index (κ2) is 16.8. The number of rotatable bonds is 22. The molecule has 4 rings (SSSR count). The highest BCUT2D eigenvalue weighted by atomic mass is 16.6. The Morgan fingerprint density at radius 2 is 1.12 bits per heavy atom. The van der Waals surface area contributed by atoms with E-state index < -0.39 is 18.0 Å². The number of aliphatic hydroxyl groups is 2. The van der Waals surface area contributed by atoms with E-state index in [9.17, 15) is 10.2 Å². The highest BCUT2D eigenvalue weighted by Crippen LogP contribution is 2.42. The van der Waals surface area contributed by atoms with Gasteiger partial charge >= 0.3 is 0 Å². The van der Waals surface area contributed by atoms with E-state index in [0.717, 1.165) is 61.5 Å². The highest BCUT2D eigenvalue weighted by Gasteiger charge is 2.35. The summed E-state index contributed by atoms with van der Waals surface area (Å²) in [6, 6.07) is 16.1. The lowest BCUT2D eigenvalue weighted by Gasteiger charge is -2.31. The Bertz CT molecular complexity index is 1000. The molecule has 0 saturated carbocycles. The molecule has 8 nitrogen and oxygen atoms in total. The van der Waals surface area contributed by atoms with E-state index in [1.54, 1.807) is 0 Å². The number of aliphatic hydroxyl groups excluding tert-OH is 2. The summed E-state index contributed by atoms with van der Waals surface area (Å²) in [5.41, 5.74) is 1.56. The maximum Gasteiger partial charge on any atom is 0.160 e. The largest absolute Gasteiger partial charge is 0.493 e. The molecule has 2 aromatic carbocycles. The number of epoxide rings is 2. The Labute approximate surface area is 257 Å². The molecule has 0 bridgehead atoms. The van der Waals surface area contributed by atoms with Crippen LogP contribution in [0.4, 0.5) is 0 Å². The molecule has 43 heavy (non-hydrogen) atoms. The third-order valence-electron chi connectivity index (χ3n) is 8.34. The standard InChI is InChI=1S/C35H52O8/c1-5-7-17-38-33(36)25(19-27-23-40-27)21-42-31-15-11-9-13-29(31)35(3,4)30-14-10-12-16-32(30)43-22-26(20-28-24-41-28)34(37)39-18-8-6-2/h9-16,25-28,33-34,36-37H,5-8,17-24H2,1-4H3. The molecule has 6 atom stereocenters. The van der Waals surface area contributed by atoms with Crippen LogP contribution in [0.15, 0.2) is 48.5 Å². The predicted octanol–water partition coefficient (Wildman–Crippen LogP) is 5.85. The van der Waals surface area contributed by atoms with E-state index in [1.165, 1.54) is 0 Å². The smallest absolute Gasteiger partial charge is 0.160 e. The first-order valence-electron chi connectivity index (χ1n) is 16.1. The summed E-state index contributed by atoms with van der Waals surface area (Å²) >= 11 is 0. The Morgan fingerprint density at radius 3 is 1.49 bits per heavy atom. The van der Waals surface area contributed by atoms with Gasteiger partial charge in [-0.15, -0.1) is 0 Å². The van der Waals surface area contributed by atoms with Crippen LogP contribution in [0.3, 0.4) is 0 Å². The van der Waals surface area contributed by atoms with E-state index in [1.807, 2.05) is 36.4 Å². The molecule has 0 radical (unpaired) electrons. The van der Waals surface area contributed by atoms with Crippen molar-refractivity contribution in [3.63, 3.8) is 0 Å². The minimum Gasteiger partial charge on any atom is -0.493 e. The molecule has 0 spiro atoms. The lowest BCUT2D eigenvalue weighted by molar-refractivity contribution is -0.144. The maximum absolute atomic E-state index is 10.8. The summed E-state index contributed by atoms with van der Waals surface area (Å²) in [7, 11) is 0. The molecule has 240 valence electrons. The molecule has 0 aromatic heterocycles. The van der Waals surface area contributed by atoms with Gasteiger partial charge in [-0.2, -0.15) is 0 Å². The summed E-state index contributed by atoms with van der Waals surface area (Å²) in [5, 5.41) is 21.6. The average Bonchev–Trinajstić information content (AvgIpc) is 3.95. The first-order chi connectivity index (χ1) is 20.8. The predicted molar refractivity (Wildman–Crippen MR) is 165 cm³/mol. The van der Waals surface area contributed by atoms with Crippen molar-refractivity contribution in [3.8, 4) is 11.5 Å². The zero-order chi connectivity index (χ0) is 30.7. The fourth-order valence-corrected chi connectivity index (χ4v) is 5.34. The normalized spacial score (nSPS) is 20.7. The molecule has 0 amide bonds. The molecular weight excluding hydrogens is 548 g/mol. The lowest BCUT2D eigenvalue weighted by atomic mass is 9.77. The minimum absolute atomic E-state index is 0.152. The SMILES string of the molecule is CCCCOC(O)C(COc1ccccc1C(C)(C)c1ccccc1OCC(CC1CO1)C(O)OCCCC)CC1CO1. The van der Waals surface area contributed by atoms with E-state index in [4.69, 9.17) is 28.4 Å². The van der Waals surface area contributed by atoms with Gasteiger partial charge in [0.05, 0.1) is 38.6 Å². The number of hydrogen-bond acceptors (Lipinski definition) is 8. The fraction of sp³-hybridized carbons (Fsp3) is 0.657. The van der Waals surface area contributed by atoms with Crippen LogP contribution in [-0.2, 0) is 24.4 Å². The van der Waals surface area contributed by atoms with Crippen molar-refractivity contribution < 1.29 is 38.6 Å². The van der Waals surface area contributed by atoms with Gasteiger partial charge in [0.15, 0.2) is 12.6 Å². The molecule has 8 heteroatoms. The van der Waals surface area contributed by atoms with Crippen LogP contribution in [-0.4, -0.2) is 74.6 Å². The first-order valence-corrected chi connectivity index (χ1v) is 16.1. The Kier molecular flexibility index (Phi) is 13.1. The van der Waals surface area contributed by atoms with Gasteiger partial charge in [0.2, 0.25) is 0 Å². The molecule has 2 fully saturated rings. The van der Waals surface area contributed by atoms with Crippen LogP contribution in [0.2, 0.25) is 0 Å². The van der Waals surface area contributed by atoms with Crippen molar-refractivity contribution in [1.82, 2.24) is 0 Å². The van der Waals surface area contributed by atoms with Crippen molar-refractivity contribution in [2.45, 2.75) is 96.4 Å². The van der Waals surface area contributed by atoms with Crippen LogP contribution in [0.1, 0.15) is 77.3 Å². The van der Waals surface area contributed by atoms with Crippen molar-refractivity contribution in [3.05, 3.63) is 59.7 Å². The van der Waals surface area contributed by atoms with Gasteiger partial charge in [-0.05, 0) is 37.8 Å². The number of hydrogen-bond donors (Lipinski definition) is 2. The van der Waals surface area contributed by atoms with Gasteiger partial charge in [0.25, 0.3) is 0 Å². The highest BCUT2D eigenvalue weighted by molar-refractivity contribution is 5.50. The van der Waals surface area contributed by atoms with Crippen molar-refractivity contribution in [1.29, 1.82) is 0 Å². The van der Waals surface area contributed by atoms with Crippen LogP contribution in [0.5, 0.6) is 11.5 Å². The number of benzene rings is 2. The van der Waals surface area contributed by atoms with Gasteiger partial charge in [0, 0.05) is 41.6 Å². The second-order valence-electron chi connectivity index (χ2n) is 12.4. The third kappa shape index (κ3) is 10.4. The summed E-state index contributed by atoms with van der Waals surface area (Å²) in [6.45, 7) is 11.6. The minimum atomic E-state index is -0.902. The summed E-state index contributed by atoms with van der Waals surface area (Å²) < 4.78 is 35.2. The molecule has 2 N–H and O–H groups in total. The van der Waals surface area contributed by atoms with E-state index in [-0.39, 0.29) is 24.0 Å². The molecule has 6 unspecified atom stereocenters. The van der Waals surface area contributed by atoms with Gasteiger partial charge < -0.3 is 38.6 Å². The molecule has 2 aromatic rings. The Hall–Kier alpha value is -2.20. The molecular formula is C35H52O8. The van der Waals surface area contributed by atoms with E-state index in [0.29, 0.717) is 39.3 Å². The zero-order valence-corrected chi connectivity index (χ0v) is 26.4. The molecule has 2 aliphatic rings. The average molecular weight is 601 g/mol. The van der Waals surface area contributed by atoms with Gasteiger partial charge in [-0.3, -0.25) is 0 Å². The monoisotopic (exact) mass is 600 g/mol. The van der Waals surface area contributed by atoms with Crippen LogP contribution < -0.4 is 9.47 Å². The number of ether oxygens (including phenoxy) is 6. The van der Waals surface area contributed by atoms with E-state index >= 15 is 0 Å². The molecule has 2 saturated heterocycles. The van der Waals surface area contributed by atoms with Gasteiger partial charge in [-0.25, -0.2) is 0 Å². The topological polar surface area (TPSA) is 102 Å². The van der Waals surface area contributed by atoms with Crippen LogP contribution in [0.25, 0.3) is 0 Å². The van der Waals surface area contributed by atoms with Crippen LogP contribution >= 0.6 is 0 Å². The van der Waals surface area contributed by atoms with Crippen molar-refractivity contribution in [2.24, 2.45) is 11.8 Å². The van der Waals surface area contributed by atoms with Crippen LogP contribution in [0, 0.1) is 11.8 Å².